The van der Waals surface area contributed by atoms with Crippen LogP contribution < -0.4 is 5.32 Å². The van der Waals surface area contributed by atoms with E-state index in [2.05, 4.69) is 29.2 Å². The molecule has 0 aromatic carbocycles. The Morgan fingerprint density at radius 2 is 2.00 bits per heavy atom. The quantitative estimate of drug-likeness (QED) is 0.858. The van der Waals surface area contributed by atoms with Crippen LogP contribution >= 0.6 is 0 Å². The number of nitrogens with zero attached hydrogens (tertiary/aromatic N) is 2. The molecule has 1 aromatic rings. The number of aromatic nitrogens is 1. The zero-order valence-electron chi connectivity index (χ0n) is 14.0. The van der Waals surface area contributed by atoms with Crippen LogP contribution in [0.15, 0.2) is 4.52 Å². The van der Waals surface area contributed by atoms with Crippen molar-refractivity contribution >= 4 is 5.91 Å². The lowest BCUT2D eigenvalue weighted by Crippen LogP contribution is -2.51. The van der Waals surface area contributed by atoms with Crippen LogP contribution in [0.5, 0.6) is 0 Å². The van der Waals surface area contributed by atoms with Crippen LogP contribution in [0.3, 0.4) is 0 Å². The van der Waals surface area contributed by atoms with Gasteiger partial charge in [-0.05, 0) is 19.8 Å². The summed E-state index contributed by atoms with van der Waals surface area (Å²) in [4.78, 5) is 14.6. The van der Waals surface area contributed by atoms with E-state index in [9.17, 15) is 4.79 Å². The van der Waals surface area contributed by atoms with E-state index in [1.807, 2.05) is 13.8 Å². The van der Waals surface area contributed by atoms with E-state index in [1.165, 1.54) is 0 Å². The summed E-state index contributed by atoms with van der Waals surface area (Å²) in [7, 11) is 0. The fraction of sp³-hybridized carbons (Fsp3) is 0.750. The minimum atomic E-state index is 0.0216. The molecule has 0 unspecified atom stereocenters. The van der Waals surface area contributed by atoms with Crippen LogP contribution in [0.4, 0.5) is 0 Å². The van der Waals surface area contributed by atoms with E-state index in [4.69, 9.17) is 9.26 Å². The van der Waals surface area contributed by atoms with Gasteiger partial charge in [0, 0.05) is 31.2 Å². The molecule has 0 spiro atoms. The van der Waals surface area contributed by atoms with Gasteiger partial charge in [-0.25, -0.2) is 0 Å². The molecular weight excluding hydrogens is 282 g/mol. The van der Waals surface area contributed by atoms with Crippen molar-refractivity contribution in [2.75, 3.05) is 32.8 Å². The van der Waals surface area contributed by atoms with Gasteiger partial charge < -0.3 is 14.6 Å². The summed E-state index contributed by atoms with van der Waals surface area (Å²) in [5.41, 5.74) is 1.69. The highest BCUT2D eigenvalue weighted by atomic mass is 16.5. The molecule has 0 saturated carbocycles. The number of hydrogen-bond donors (Lipinski definition) is 1. The summed E-state index contributed by atoms with van der Waals surface area (Å²) >= 11 is 0. The second-order valence-corrected chi connectivity index (χ2v) is 6.24. The minimum absolute atomic E-state index is 0.0216. The standard InChI is InChI=1S/C16H27N3O3/c1-11(2)15(19-5-7-21-8-6-19)10-17-16(20)9-14-12(3)18-22-13(14)4/h11,15H,5-10H2,1-4H3,(H,17,20)/t15-/m0/s1. The van der Waals surface area contributed by atoms with Crippen molar-refractivity contribution in [3.8, 4) is 0 Å². The molecule has 1 N–H and O–H groups in total. The van der Waals surface area contributed by atoms with E-state index in [0.717, 1.165) is 43.3 Å². The summed E-state index contributed by atoms with van der Waals surface area (Å²) < 4.78 is 10.5. The highest BCUT2D eigenvalue weighted by Gasteiger charge is 2.24. The van der Waals surface area contributed by atoms with E-state index in [1.54, 1.807) is 0 Å². The van der Waals surface area contributed by atoms with Crippen molar-refractivity contribution in [2.45, 2.75) is 40.2 Å². The molecule has 1 atom stereocenters. The lowest BCUT2D eigenvalue weighted by Gasteiger charge is -2.36. The third-order valence-electron chi connectivity index (χ3n) is 4.31. The van der Waals surface area contributed by atoms with E-state index >= 15 is 0 Å². The van der Waals surface area contributed by atoms with Gasteiger partial charge in [-0.15, -0.1) is 0 Å². The van der Waals surface area contributed by atoms with Gasteiger partial charge in [0.1, 0.15) is 5.76 Å². The molecule has 0 aliphatic carbocycles. The number of carbonyl (C=O) groups is 1. The van der Waals surface area contributed by atoms with Gasteiger partial charge in [0.25, 0.3) is 0 Å². The summed E-state index contributed by atoms with van der Waals surface area (Å²) in [5, 5.41) is 6.95. The molecule has 0 bridgehead atoms. The van der Waals surface area contributed by atoms with Crippen LogP contribution in [0.1, 0.15) is 30.9 Å². The lowest BCUT2D eigenvalue weighted by atomic mass is 10.0. The third kappa shape index (κ3) is 4.30. The molecule has 6 heteroatoms. The van der Waals surface area contributed by atoms with Crippen LogP contribution in [-0.4, -0.2) is 54.9 Å². The number of amides is 1. The maximum absolute atomic E-state index is 12.2. The third-order valence-corrected chi connectivity index (χ3v) is 4.31. The molecule has 1 aliphatic heterocycles. The molecule has 1 fully saturated rings. The van der Waals surface area contributed by atoms with Gasteiger partial charge in [0.2, 0.25) is 5.91 Å². The Morgan fingerprint density at radius 1 is 1.32 bits per heavy atom. The zero-order chi connectivity index (χ0) is 16.1. The van der Waals surface area contributed by atoms with Crippen molar-refractivity contribution in [3.63, 3.8) is 0 Å². The van der Waals surface area contributed by atoms with Crippen LogP contribution in [0.25, 0.3) is 0 Å². The second kappa shape index (κ2) is 7.74. The average Bonchev–Trinajstić information content (AvgIpc) is 2.80. The molecule has 1 aliphatic rings. The summed E-state index contributed by atoms with van der Waals surface area (Å²) in [6, 6.07) is 0.345. The first-order chi connectivity index (χ1) is 10.5. The fourth-order valence-electron chi connectivity index (χ4n) is 2.89. The number of morpholine rings is 1. The molecule has 1 amide bonds. The van der Waals surface area contributed by atoms with Crippen molar-refractivity contribution in [3.05, 3.63) is 17.0 Å². The number of rotatable bonds is 6. The number of nitrogens with one attached hydrogen (secondary N) is 1. The first-order valence-electron chi connectivity index (χ1n) is 7.99. The highest BCUT2D eigenvalue weighted by Crippen LogP contribution is 2.14. The number of ether oxygens (including phenoxy) is 1. The topological polar surface area (TPSA) is 67.6 Å². The van der Waals surface area contributed by atoms with E-state index in [0.29, 0.717) is 24.9 Å². The normalized spacial score (nSPS) is 17.7. The predicted molar refractivity (Wildman–Crippen MR) is 83.7 cm³/mol. The van der Waals surface area contributed by atoms with Gasteiger partial charge in [0.05, 0.1) is 25.3 Å². The molecule has 1 saturated heterocycles. The highest BCUT2D eigenvalue weighted by molar-refractivity contribution is 5.79. The van der Waals surface area contributed by atoms with Gasteiger partial charge in [-0.2, -0.15) is 0 Å². The zero-order valence-corrected chi connectivity index (χ0v) is 14.0. The number of aryl methyl sites for hydroxylation is 2. The first kappa shape index (κ1) is 17.0. The first-order valence-corrected chi connectivity index (χ1v) is 7.99. The molecule has 2 heterocycles. The lowest BCUT2D eigenvalue weighted by molar-refractivity contribution is -0.120. The summed E-state index contributed by atoms with van der Waals surface area (Å²) in [5.74, 6) is 1.23. The summed E-state index contributed by atoms with van der Waals surface area (Å²) in [6.45, 7) is 12.2. The SMILES string of the molecule is Cc1noc(C)c1CC(=O)NC[C@@H](C(C)C)N1CCOCC1. The van der Waals surface area contributed by atoms with Crippen LogP contribution in [-0.2, 0) is 16.0 Å². The Labute approximate surface area is 132 Å². The summed E-state index contributed by atoms with van der Waals surface area (Å²) in [6.07, 6.45) is 0.328. The molecule has 2 rings (SSSR count). The Bertz CT molecular complexity index is 473. The fourth-order valence-corrected chi connectivity index (χ4v) is 2.89. The Kier molecular flexibility index (Phi) is 5.97. The maximum Gasteiger partial charge on any atom is 0.224 e. The van der Waals surface area contributed by atoms with Crippen molar-refractivity contribution in [1.29, 1.82) is 0 Å². The molecule has 0 radical (unpaired) electrons. The van der Waals surface area contributed by atoms with Gasteiger partial charge in [-0.1, -0.05) is 19.0 Å². The monoisotopic (exact) mass is 309 g/mol. The van der Waals surface area contributed by atoms with Crippen molar-refractivity contribution < 1.29 is 14.1 Å². The largest absolute Gasteiger partial charge is 0.379 e. The van der Waals surface area contributed by atoms with Gasteiger partial charge in [0.15, 0.2) is 0 Å². The second-order valence-electron chi connectivity index (χ2n) is 6.24. The van der Waals surface area contributed by atoms with Crippen LogP contribution in [0, 0.1) is 19.8 Å². The van der Waals surface area contributed by atoms with Crippen LogP contribution in [0.2, 0.25) is 0 Å². The Morgan fingerprint density at radius 3 is 2.55 bits per heavy atom. The maximum atomic E-state index is 12.2. The number of hydrogen-bond acceptors (Lipinski definition) is 5. The molecule has 1 aromatic heterocycles. The minimum Gasteiger partial charge on any atom is -0.379 e. The molecule has 6 nitrogen and oxygen atoms in total. The number of carbonyl (C=O) groups excluding carboxylic acids is 1. The smallest absolute Gasteiger partial charge is 0.224 e. The van der Waals surface area contributed by atoms with E-state index < -0.39 is 0 Å². The molecular formula is C16H27N3O3. The van der Waals surface area contributed by atoms with E-state index in [-0.39, 0.29) is 5.91 Å². The Balaban J connectivity index is 1.87. The predicted octanol–water partition coefficient (Wildman–Crippen LogP) is 1.31. The van der Waals surface area contributed by atoms with Crippen molar-refractivity contribution in [1.82, 2.24) is 15.4 Å². The van der Waals surface area contributed by atoms with Gasteiger partial charge >= 0.3 is 0 Å². The molecule has 124 valence electrons. The van der Waals surface area contributed by atoms with Gasteiger partial charge in [-0.3, -0.25) is 9.69 Å². The molecule has 22 heavy (non-hydrogen) atoms. The Hall–Kier alpha value is -1.40. The van der Waals surface area contributed by atoms with Crippen molar-refractivity contribution in [2.24, 2.45) is 5.92 Å². The average molecular weight is 309 g/mol.